The first-order chi connectivity index (χ1) is 8.03. The Bertz CT molecular complexity index is 424. The van der Waals surface area contributed by atoms with Crippen LogP contribution in [0.4, 0.5) is 18.9 Å². The maximum Gasteiger partial charge on any atom is 0.251 e. The van der Waals surface area contributed by atoms with Crippen LogP contribution in [0.1, 0.15) is 23.2 Å². The summed E-state index contributed by atoms with van der Waals surface area (Å²) in [6.45, 7) is 0.129. The average molecular weight is 243 g/mol. The zero-order valence-electron chi connectivity index (χ0n) is 9.13. The zero-order chi connectivity index (χ0) is 12.5. The van der Waals surface area contributed by atoms with Crippen molar-refractivity contribution in [3.8, 4) is 0 Å². The standard InChI is InChI=1S/C12H12F3NO/c13-10-3-1-2-9(8-17)11(10)16-6-4-12(14,15)5-7-16/h1-3,8H,4-7H2. The highest BCUT2D eigenvalue weighted by atomic mass is 19.3. The molecular weight excluding hydrogens is 231 g/mol. The van der Waals surface area contributed by atoms with Crippen LogP contribution in [0, 0.1) is 5.82 Å². The third-order valence-electron chi connectivity index (χ3n) is 2.96. The van der Waals surface area contributed by atoms with Crippen molar-refractivity contribution in [3.63, 3.8) is 0 Å². The van der Waals surface area contributed by atoms with Gasteiger partial charge in [-0.05, 0) is 12.1 Å². The van der Waals surface area contributed by atoms with Gasteiger partial charge in [0, 0.05) is 31.5 Å². The predicted octanol–water partition coefficient (Wildman–Crippen LogP) is 2.87. The summed E-state index contributed by atoms with van der Waals surface area (Å²) in [7, 11) is 0. The van der Waals surface area contributed by atoms with Crippen LogP contribution >= 0.6 is 0 Å². The Morgan fingerprint density at radius 3 is 2.47 bits per heavy atom. The predicted molar refractivity (Wildman–Crippen MR) is 58.2 cm³/mol. The van der Waals surface area contributed by atoms with Gasteiger partial charge in [-0.2, -0.15) is 0 Å². The SMILES string of the molecule is O=Cc1cccc(F)c1N1CCC(F)(F)CC1. The highest BCUT2D eigenvalue weighted by Gasteiger charge is 2.35. The van der Waals surface area contributed by atoms with Crippen LogP contribution in [0.5, 0.6) is 0 Å². The van der Waals surface area contributed by atoms with Gasteiger partial charge in [0.2, 0.25) is 0 Å². The lowest BCUT2D eigenvalue weighted by molar-refractivity contribution is -0.0221. The fourth-order valence-electron chi connectivity index (χ4n) is 2.02. The lowest BCUT2D eigenvalue weighted by atomic mass is 10.0. The van der Waals surface area contributed by atoms with Crippen molar-refractivity contribution in [2.75, 3.05) is 18.0 Å². The molecule has 1 heterocycles. The molecule has 0 spiro atoms. The van der Waals surface area contributed by atoms with Gasteiger partial charge in [-0.25, -0.2) is 13.2 Å². The fourth-order valence-corrected chi connectivity index (χ4v) is 2.02. The van der Waals surface area contributed by atoms with E-state index in [-0.39, 0.29) is 37.2 Å². The van der Waals surface area contributed by atoms with Crippen LogP contribution in [0.25, 0.3) is 0 Å². The third kappa shape index (κ3) is 2.43. The molecule has 1 aromatic rings. The van der Waals surface area contributed by atoms with Crippen molar-refractivity contribution in [1.29, 1.82) is 0 Å². The molecule has 0 aliphatic carbocycles. The molecule has 0 unspecified atom stereocenters. The van der Waals surface area contributed by atoms with Crippen molar-refractivity contribution in [3.05, 3.63) is 29.6 Å². The number of hydrogen-bond acceptors (Lipinski definition) is 2. The Balaban J connectivity index is 2.26. The summed E-state index contributed by atoms with van der Waals surface area (Å²) in [4.78, 5) is 12.3. The summed E-state index contributed by atoms with van der Waals surface area (Å²) in [5.41, 5.74) is 0.341. The summed E-state index contributed by atoms with van der Waals surface area (Å²) in [6.07, 6.45) is -0.0651. The van der Waals surface area contributed by atoms with Crippen molar-refractivity contribution < 1.29 is 18.0 Å². The third-order valence-corrected chi connectivity index (χ3v) is 2.96. The number of rotatable bonds is 2. The number of carbonyl (C=O) groups excluding carboxylic acids is 1. The minimum Gasteiger partial charge on any atom is -0.368 e. The Labute approximate surface area is 97.0 Å². The highest BCUT2D eigenvalue weighted by molar-refractivity contribution is 5.84. The van der Waals surface area contributed by atoms with Gasteiger partial charge in [0.1, 0.15) is 5.82 Å². The number of hydrogen-bond donors (Lipinski definition) is 0. The number of alkyl halides is 2. The van der Waals surface area contributed by atoms with Crippen molar-refractivity contribution >= 4 is 12.0 Å². The minimum absolute atomic E-state index is 0.0643. The molecular formula is C12H12F3NO. The molecule has 1 fully saturated rings. The number of benzene rings is 1. The van der Waals surface area contributed by atoms with E-state index in [1.165, 1.54) is 23.1 Å². The summed E-state index contributed by atoms with van der Waals surface area (Å²) >= 11 is 0. The molecule has 1 aromatic carbocycles. The molecule has 0 radical (unpaired) electrons. The second kappa shape index (κ2) is 4.39. The van der Waals surface area contributed by atoms with Crippen LogP contribution in [0.3, 0.4) is 0 Å². The maximum absolute atomic E-state index is 13.6. The Kier molecular flexibility index (Phi) is 3.09. The normalized spacial score (nSPS) is 19.1. The van der Waals surface area contributed by atoms with E-state index in [1.54, 1.807) is 0 Å². The molecule has 0 bridgehead atoms. The molecule has 17 heavy (non-hydrogen) atoms. The summed E-state index contributed by atoms with van der Waals surface area (Å²) < 4.78 is 39.6. The number of halogens is 3. The quantitative estimate of drug-likeness (QED) is 0.744. The smallest absolute Gasteiger partial charge is 0.251 e. The summed E-state index contributed by atoms with van der Waals surface area (Å²) in [5.74, 6) is -3.22. The van der Waals surface area contributed by atoms with Gasteiger partial charge in [-0.3, -0.25) is 4.79 Å². The molecule has 1 aliphatic heterocycles. The molecule has 1 aliphatic rings. The number of piperidine rings is 1. The number of para-hydroxylation sites is 1. The molecule has 0 saturated carbocycles. The highest BCUT2D eigenvalue weighted by Crippen LogP contribution is 2.32. The first-order valence-corrected chi connectivity index (χ1v) is 5.40. The van der Waals surface area contributed by atoms with Crippen molar-refractivity contribution in [1.82, 2.24) is 0 Å². The summed E-state index contributed by atoms with van der Waals surface area (Å²) in [6, 6.07) is 4.15. The van der Waals surface area contributed by atoms with Crippen molar-refractivity contribution in [2.45, 2.75) is 18.8 Å². The van der Waals surface area contributed by atoms with E-state index in [9.17, 15) is 18.0 Å². The molecule has 0 atom stereocenters. The molecule has 5 heteroatoms. The largest absolute Gasteiger partial charge is 0.368 e. The zero-order valence-corrected chi connectivity index (χ0v) is 9.13. The van der Waals surface area contributed by atoms with Gasteiger partial charge in [0.25, 0.3) is 5.92 Å². The van der Waals surface area contributed by atoms with Gasteiger partial charge in [-0.15, -0.1) is 0 Å². The lowest BCUT2D eigenvalue weighted by Crippen LogP contribution is -2.40. The van der Waals surface area contributed by atoms with Crippen LogP contribution in [-0.2, 0) is 0 Å². The molecule has 1 saturated heterocycles. The van der Waals surface area contributed by atoms with Crippen molar-refractivity contribution in [2.24, 2.45) is 0 Å². The monoisotopic (exact) mass is 243 g/mol. The second-order valence-corrected chi connectivity index (χ2v) is 4.14. The van der Waals surface area contributed by atoms with E-state index in [1.807, 2.05) is 0 Å². The maximum atomic E-state index is 13.6. The lowest BCUT2D eigenvalue weighted by Gasteiger charge is -2.34. The van der Waals surface area contributed by atoms with Gasteiger partial charge in [0.15, 0.2) is 6.29 Å². The van der Waals surface area contributed by atoms with E-state index in [2.05, 4.69) is 0 Å². The van der Waals surface area contributed by atoms with Crippen LogP contribution in [0.2, 0.25) is 0 Å². The average Bonchev–Trinajstić information content (AvgIpc) is 2.29. The Morgan fingerprint density at radius 1 is 1.24 bits per heavy atom. The molecule has 92 valence electrons. The van der Waals surface area contributed by atoms with Gasteiger partial charge < -0.3 is 4.90 Å². The number of anilines is 1. The van der Waals surface area contributed by atoms with Crippen LogP contribution in [0.15, 0.2) is 18.2 Å². The number of carbonyl (C=O) groups is 1. The van der Waals surface area contributed by atoms with Gasteiger partial charge >= 0.3 is 0 Å². The van der Waals surface area contributed by atoms with Gasteiger partial charge in [-0.1, -0.05) is 6.07 Å². The van der Waals surface area contributed by atoms with E-state index in [0.29, 0.717) is 6.29 Å². The second-order valence-electron chi connectivity index (χ2n) is 4.14. The van der Waals surface area contributed by atoms with E-state index < -0.39 is 11.7 Å². The fraction of sp³-hybridized carbons (Fsp3) is 0.417. The van der Waals surface area contributed by atoms with E-state index in [0.717, 1.165) is 0 Å². The van der Waals surface area contributed by atoms with E-state index >= 15 is 0 Å². The molecule has 0 aromatic heterocycles. The first kappa shape index (κ1) is 12.0. The molecule has 2 nitrogen and oxygen atoms in total. The summed E-state index contributed by atoms with van der Waals surface area (Å²) in [5, 5.41) is 0. The molecule has 0 N–H and O–H groups in total. The molecule has 2 rings (SSSR count). The number of nitrogens with zero attached hydrogens (tertiary/aromatic N) is 1. The molecule has 0 amide bonds. The van der Waals surface area contributed by atoms with E-state index in [4.69, 9.17) is 0 Å². The Morgan fingerprint density at radius 2 is 1.88 bits per heavy atom. The van der Waals surface area contributed by atoms with Crippen LogP contribution in [-0.4, -0.2) is 25.3 Å². The number of aldehydes is 1. The minimum atomic E-state index is -2.68. The van der Waals surface area contributed by atoms with Gasteiger partial charge in [0.05, 0.1) is 5.69 Å². The first-order valence-electron chi connectivity index (χ1n) is 5.40. The van der Waals surface area contributed by atoms with Crippen LogP contribution < -0.4 is 4.90 Å². The topological polar surface area (TPSA) is 20.3 Å². The Hall–Kier alpha value is -1.52.